The average Bonchev–Trinajstić information content (AvgIpc) is 3.23. The molecule has 168 valence electrons. The molecule has 1 aromatic rings. The van der Waals surface area contributed by atoms with Gasteiger partial charge in [-0.05, 0) is 45.2 Å². The second kappa shape index (κ2) is 11.5. The summed E-state index contributed by atoms with van der Waals surface area (Å²) in [6.45, 7) is 11.5. The number of piperidine rings is 1. The smallest absolute Gasteiger partial charge is 0.409 e. The molecule has 30 heavy (non-hydrogen) atoms. The molecular weight excluding hydrogens is 400 g/mol. The Labute approximate surface area is 184 Å². The molecule has 2 saturated heterocycles. The summed E-state index contributed by atoms with van der Waals surface area (Å²) in [6, 6.07) is 0. The molecule has 2 fully saturated rings. The SMILES string of the molecule is CCOC(=O)N1CCN(C(=NC)NCC2CCN(Cc3csc(CC)n3)CC2)CC1. The number of hydrogen-bond donors (Lipinski definition) is 1. The maximum atomic E-state index is 11.9. The number of nitrogens with one attached hydrogen (secondary N) is 1. The predicted molar refractivity (Wildman–Crippen MR) is 121 cm³/mol. The molecule has 3 heterocycles. The summed E-state index contributed by atoms with van der Waals surface area (Å²) in [7, 11) is 1.83. The molecule has 0 aliphatic carbocycles. The van der Waals surface area contributed by atoms with Gasteiger partial charge in [-0.2, -0.15) is 0 Å². The third-order valence-corrected chi connectivity index (χ3v) is 6.90. The van der Waals surface area contributed by atoms with Crippen molar-refractivity contribution in [1.29, 1.82) is 0 Å². The van der Waals surface area contributed by atoms with E-state index < -0.39 is 0 Å². The number of aromatic nitrogens is 1. The van der Waals surface area contributed by atoms with Crippen molar-refractivity contribution in [2.75, 3.05) is 59.5 Å². The summed E-state index contributed by atoms with van der Waals surface area (Å²) in [5.41, 5.74) is 1.22. The first-order valence-corrected chi connectivity index (χ1v) is 12.0. The quantitative estimate of drug-likeness (QED) is 0.545. The summed E-state index contributed by atoms with van der Waals surface area (Å²) in [5.74, 6) is 1.61. The number of piperazine rings is 1. The van der Waals surface area contributed by atoms with E-state index in [4.69, 9.17) is 9.72 Å². The lowest BCUT2D eigenvalue weighted by molar-refractivity contribution is 0.0913. The molecule has 0 atom stereocenters. The Hall–Kier alpha value is -1.87. The van der Waals surface area contributed by atoms with Gasteiger partial charge in [0.05, 0.1) is 17.3 Å². The number of thiazole rings is 1. The predicted octanol–water partition coefficient (Wildman–Crippen LogP) is 2.27. The lowest BCUT2D eigenvalue weighted by Gasteiger charge is -2.37. The van der Waals surface area contributed by atoms with Gasteiger partial charge in [-0.25, -0.2) is 9.78 Å². The summed E-state index contributed by atoms with van der Waals surface area (Å²) >= 11 is 1.78. The van der Waals surface area contributed by atoms with Crippen molar-refractivity contribution in [3.63, 3.8) is 0 Å². The lowest BCUT2D eigenvalue weighted by Crippen LogP contribution is -2.54. The van der Waals surface area contributed by atoms with E-state index in [2.05, 4.69) is 32.4 Å². The topological polar surface area (TPSA) is 73.3 Å². The number of carbonyl (C=O) groups is 1. The van der Waals surface area contributed by atoms with Gasteiger partial charge >= 0.3 is 6.09 Å². The van der Waals surface area contributed by atoms with Gasteiger partial charge in [-0.1, -0.05) is 6.92 Å². The number of guanidine groups is 1. The van der Waals surface area contributed by atoms with Crippen molar-refractivity contribution in [2.24, 2.45) is 10.9 Å². The lowest BCUT2D eigenvalue weighted by atomic mass is 9.97. The van der Waals surface area contributed by atoms with Crippen LogP contribution in [0.4, 0.5) is 4.79 Å². The van der Waals surface area contributed by atoms with Crippen molar-refractivity contribution in [1.82, 2.24) is 25.0 Å². The number of amides is 1. The Morgan fingerprint density at radius 2 is 1.90 bits per heavy atom. The van der Waals surface area contributed by atoms with E-state index in [0.717, 1.165) is 51.6 Å². The maximum Gasteiger partial charge on any atom is 0.409 e. The Kier molecular flexibility index (Phi) is 8.74. The highest BCUT2D eigenvalue weighted by Gasteiger charge is 2.25. The normalized spacial score (nSPS) is 19.2. The van der Waals surface area contributed by atoms with Crippen molar-refractivity contribution in [2.45, 2.75) is 39.7 Å². The zero-order valence-electron chi connectivity index (χ0n) is 18.6. The summed E-state index contributed by atoms with van der Waals surface area (Å²) in [6.07, 6.45) is 3.21. The van der Waals surface area contributed by atoms with Gasteiger partial charge < -0.3 is 19.9 Å². The minimum atomic E-state index is -0.213. The molecular formula is C21H36N6O2S. The molecule has 0 saturated carbocycles. The van der Waals surface area contributed by atoms with Crippen LogP contribution in [0.2, 0.25) is 0 Å². The standard InChI is InChI=1S/C21H36N6O2S/c1-4-19-24-18(16-30-19)15-25-8-6-17(7-9-25)14-23-20(22-3)26-10-12-27(13-11-26)21(28)29-5-2/h16-17H,4-15H2,1-3H3,(H,22,23). The van der Waals surface area contributed by atoms with Gasteiger partial charge in [0.1, 0.15) is 0 Å². The van der Waals surface area contributed by atoms with Gasteiger partial charge in [0, 0.05) is 51.7 Å². The molecule has 1 N–H and O–H groups in total. The number of carbonyl (C=O) groups excluding carboxylic acids is 1. The van der Waals surface area contributed by atoms with E-state index in [9.17, 15) is 4.79 Å². The molecule has 0 unspecified atom stereocenters. The first kappa shape index (κ1) is 22.8. The van der Waals surface area contributed by atoms with Crippen molar-refractivity contribution < 1.29 is 9.53 Å². The Morgan fingerprint density at radius 3 is 2.50 bits per heavy atom. The number of aliphatic imine (C=N–C) groups is 1. The van der Waals surface area contributed by atoms with E-state index >= 15 is 0 Å². The van der Waals surface area contributed by atoms with E-state index in [0.29, 0.717) is 25.6 Å². The second-order valence-electron chi connectivity index (χ2n) is 7.91. The molecule has 1 aromatic heterocycles. The number of nitrogens with zero attached hydrogens (tertiary/aromatic N) is 5. The second-order valence-corrected chi connectivity index (χ2v) is 8.85. The van der Waals surface area contributed by atoms with Crippen LogP contribution in [0.25, 0.3) is 0 Å². The number of likely N-dealkylation sites (tertiary alicyclic amines) is 1. The van der Waals surface area contributed by atoms with Crippen LogP contribution >= 0.6 is 11.3 Å². The molecule has 0 spiro atoms. The Balaban J connectivity index is 1.36. The van der Waals surface area contributed by atoms with Gasteiger partial charge in [-0.15, -0.1) is 11.3 Å². The fraction of sp³-hybridized carbons (Fsp3) is 0.762. The minimum Gasteiger partial charge on any atom is -0.450 e. The molecule has 1 amide bonds. The molecule has 0 radical (unpaired) electrons. The van der Waals surface area contributed by atoms with Crippen LogP contribution in [-0.2, 0) is 17.7 Å². The van der Waals surface area contributed by atoms with Crippen LogP contribution < -0.4 is 5.32 Å². The summed E-state index contributed by atoms with van der Waals surface area (Å²) in [5, 5.41) is 7.01. The third kappa shape index (κ3) is 6.31. The average molecular weight is 437 g/mol. The van der Waals surface area contributed by atoms with E-state index in [1.807, 2.05) is 14.0 Å². The monoisotopic (exact) mass is 436 g/mol. The Bertz CT molecular complexity index is 693. The van der Waals surface area contributed by atoms with Crippen LogP contribution in [-0.4, -0.2) is 91.2 Å². The fourth-order valence-electron chi connectivity index (χ4n) is 4.05. The number of ether oxygens (including phenoxy) is 1. The van der Waals surface area contributed by atoms with Crippen LogP contribution in [0.5, 0.6) is 0 Å². The number of aryl methyl sites for hydroxylation is 1. The minimum absolute atomic E-state index is 0.213. The molecule has 0 bridgehead atoms. The van der Waals surface area contributed by atoms with Gasteiger partial charge in [-0.3, -0.25) is 9.89 Å². The van der Waals surface area contributed by atoms with E-state index in [-0.39, 0.29) is 6.09 Å². The van der Waals surface area contributed by atoms with Crippen LogP contribution in [0.3, 0.4) is 0 Å². The molecule has 8 nitrogen and oxygen atoms in total. The number of hydrogen-bond acceptors (Lipinski definition) is 6. The van der Waals surface area contributed by atoms with Crippen LogP contribution in [0.1, 0.15) is 37.4 Å². The first-order chi connectivity index (χ1) is 14.6. The first-order valence-electron chi connectivity index (χ1n) is 11.2. The zero-order chi connectivity index (χ0) is 21.3. The van der Waals surface area contributed by atoms with E-state index in [1.165, 1.54) is 23.5 Å². The zero-order valence-corrected chi connectivity index (χ0v) is 19.4. The molecule has 3 rings (SSSR count). The van der Waals surface area contributed by atoms with Crippen molar-refractivity contribution >= 4 is 23.4 Å². The largest absolute Gasteiger partial charge is 0.450 e. The third-order valence-electron chi connectivity index (χ3n) is 5.86. The van der Waals surface area contributed by atoms with Gasteiger partial charge in [0.15, 0.2) is 5.96 Å². The molecule has 0 aromatic carbocycles. The highest BCUT2D eigenvalue weighted by Crippen LogP contribution is 2.20. The summed E-state index contributed by atoms with van der Waals surface area (Å²) < 4.78 is 5.10. The highest BCUT2D eigenvalue weighted by molar-refractivity contribution is 7.09. The fourth-order valence-corrected chi connectivity index (χ4v) is 4.78. The molecule has 2 aliphatic heterocycles. The van der Waals surface area contributed by atoms with Crippen molar-refractivity contribution in [3.05, 3.63) is 16.1 Å². The summed E-state index contributed by atoms with van der Waals surface area (Å²) in [4.78, 5) is 27.6. The van der Waals surface area contributed by atoms with Crippen LogP contribution in [0.15, 0.2) is 10.4 Å². The van der Waals surface area contributed by atoms with Crippen molar-refractivity contribution in [3.8, 4) is 0 Å². The van der Waals surface area contributed by atoms with Gasteiger partial charge in [0.2, 0.25) is 0 Å². The number of rotatable bonds is 6. The highest BCUT2D eigenvalue weighted by atomic mass is 32.1. The van der Waals surface area contributed by atoms with E-state index in [1.54, 1.807) is 16.2 Å². The Morgan fingerprint density at radius 1 is 1.20 bits per heavy atom. The molecule has 2 aliphatic rings. The van der Waals surface area contributed by atoms with Crippen LogP contribution in [0, 0.1) is 5.92 Å². The molecule has 9 heteroatoms. The van der Waals surface area contributed by atoms with Gasteiger partial charge in [0.25, 0.3) is 0 Å². The maximum absolute atomic E-state index is 11.9.